The van der Waals surface area contributed by atoms with Crippen LogP contribution in [0.1, 0.15) is 23.1 Å². The monoisotopic (exact) mass is 235 g/mol. The number of amides is 1. The van der Waals surface area contributed by atoms with E-state index in [2.05, 4.69) is 5.32 Å². The minimum Gasteiger partial charge on any atom is -0.481 e. The largest absolute Gasteiger partial charge is 0.481 e. The number of aryl methyl sites for hydroxylation is 2. The van der Waals surface area contributed by atoms with Gasteiger partial charge in [-0.25, -0.2) is 0 Å². The molecule has 0 saturated carbocycles. The zero-order chi connectivity index (χ0) is 12.8. The molecule has 0 aliphatic rings. The van der Waals surface area contributed by atoms with Crippen LogP contribution >= 0.6 is 0 Å². The van der Waals surface area contributed by atoms with E-state index < -0.39 is 5.97 Å². The van der Waals surface area contributed by atoms with E-state index in [1.165, 1.54) is 5.56 Å². The van der Waals surface area contributed by atoms with Gasteiger partial charge in [0.15, 0.2) is 0 Å². The van der Waals surface area contributed by atoms with E-state index in [4.69, 9.17) is 5.11 Å². The lowest BCUT2D eigenvalue weighted by Gasteiger charge is -2.06. The van der Waals surface area contributed by atoms with Crippen molar-refractivity contribution >= 4 is 11.9 Å². The molecule has 0 bridgehead atoms. The second kappa shape index (κ2) is 6.03. The standard InChI is InChI=1S/C13H17NO3/c1-9-3-4-11(7-10(9)2)8-12(15)14-6-5-13(16)17/h3-4,7H,5-6,8H2,1-2H3,(H,14,15)(H,16,17). The first-order valence-electron chi connectivity index (χ1n) is 5.53. The maximum absolute atomic E-state index is 11.5. The maximum Gasteiger partial charge on any atom is 0.305 e. The van der Waals surface area contributed by atoms with Gasteiger partial charge in [-0.2, -0.15) is 0 Å². The molecule has 1 amide bonds. The van der Waals surface area contributed by atoms with E-state index in [9.17, 15) is 9.59 Å². The van der Waals surface area contributed by atoms with Crippen molar-refractivity contribution in [2.75, 3.05) is 6.54 Å². The van der Waals surface area contributed by atoms with Gasteiger partial charge >= 0.3 is 5.97 Å². The van der Waals surface area contributed by atoms with Gasteiger partial charge in [0.25, 0.3) is 0 Å². The fourth-order valence-electron chi connectivity index (χ4n) is 1.47. The fourth-order valence-corrected chi connectivity index (χ4v) is 1.47. The number of hydrogen-bond donors (Lipinski definition) is 2. The van der Waals surface area contributed by atoms with Gasteiger partial charge in [-0.3, -0.25) is 9.59 Å². The van der Waals surface area contributed by atoms with Gasteiger partial charge in [0.2, 0.25) is 5.91 Å². The van der Waals surface area contributed by atoms with Gasteiger partial charge in [0, 0.05) is 6.54 Å². The van der Waals surface area contributed by atoms with Crippen molar-refractivity contribution in [1.29, 1.82) is 0 Å². The number of carbonyl (C=O) groups is 2. The average molecular weight is 235 g/mol. The smallest absolute Gasteiger partial charge is 0.305 e. The zero-order valence-electron chi connectivity index (χ0n) is 10.1. The highest BCUT2D eigenvalue weighted by Gasteiger charge is 2.05. The summed E-state index contributed by atoms with van der Waals surface area (Å²) >= 11 is 0. The predicted octanol–water partition coefficient (Wildman–Crippen LogP) is 1.44. The Bertz CT molecular complexity index is 427. The molecule has 0 heterocycles. The van der Waals surface area contributed by atoms with Crippen molar-refractivity contribution in [1.82, 2.24) is 5.32 Å². The van der Waals surface area contributed by atoms with Crippen LogP contribution in [0.15, 0.2) is 18.2 Å². The van der Waals surface area contributed by atoms with Crippen LogP contribution in [0.4, 0.5) is 0 Å². The van der Waals surface area contributed by atoms with E-state index >= 15 is 0 Å². The molecule has 0 saturated heterocycles. The van der Waals surface area contributed by atoms with Crippen LogP contribution in [0, 0.1) is 13.8 Å². The summed E-state index contributed by atoms with van der Waals surface area (Å²) in [5.74, 6) is -1.05. The van der Waals surface area contributed by atoms with Crippen LogP contribution in [-0.2, 0) is 16.0 Å². The summed E-state index contributed by atoms with van der Waals surface area (Å²) in [7, 11) is 0. The first-order chi connectivity index (χ1) is 7.99. The Kier molecular flexibility index (Phi) is 4.69. The number of hydrogen-bond acceptors (Lipinski definition) is 2. The summed E-state index contributed by atoms with van der Waals surface area (Å²) in [6, 6.07) is 5.88. The Morgan fingerprint density at radius 1 is 1.24 bits per heavy atom. The Hall–Kier alpha value is -1.84. The summed E-state index contributed by atoms with van der Waals surface area (Å²) in [5, 5.41) is 11.0. The molecule has 1 aromatic carbocycles. The first-order valence-corrected chi connectivity index (χ1v) is 5.53. The third-order valence-electron chi connectivity index (χ3n) is 2.60. The molecule has 0 aliphatic carbocycles. The highest BCUT2D eigenvalue weighted by Crippen LogP contribution is 2.10. The summed E-state index contributed by atoms with van der Waals surface area (Å²) in [5.41, 5.74) is 3.29. The number of nitrogens with one attached hydrogen (secondary N) is 1. The molecular formula is C13H17NO3. The molecule has 1 aromatic rings. The van der Waals surface area contributed by atoms with Gasteiger partial charge in [0.1, 0.15) is 0 Å². The van der Waals surface area contributed by atoms with Crippen molar-refractivity contribution in [2.45, 2.75) is 26.7 Å². The molecule has 0 fully saturated rings. The maximum atomic E-state index is 11.5. The molecule has 0 spiro atoms. The molecule has 4 heteroatoms. The second-order valence-corrected chi connectivity index (χ2v) is 4.09. The van der Waals surface area contributed by atoms with E-state index in [0.717, 1.165) is 11.1 Å². The van der Waals surface area contributed by atoms with Crippen molar-refractivity contribution < 1.29 is 14.7 Å². The average Bonchev–Trinajstić information content (AvgIpc) is 2.23. The van der Waals surface area contributed by atoms with Crippen LogP contribution in [0.5, 0.6) is 0 Å². The first kappa shape index (κ1) is 13.2. The summed E-state index contributed by atoms with van der Waals surface area (Å²) in [6.45, 7) is 4.20. The van der Waals surface area contributed by atoms with E-state index in [-0.39, 0.29) is 18.9 Å². The minimum atomic E-state index is -0.906. The third kappa shape index (κ3) is 4.68. The van der Waals surface area contributed by atoms with Crippen LogP contribution in [0.2, 0.25) is 0 Å². The number of aliphatic carboxylic acids is 1. The number of carboxylic acid groups (broad SMARTS) is 1. The van der Waals surface area contributed by atoms with Gasteiger partial charge in [-0.05, 0) is 30.5 Å². The van der Waals surface area contributed by atoms with Crippen LogP contribution in [0.25, 0.3) is 0 Å². The van der Waals surface area contributed by atoms with E-state index in [0.29, 0.717) is 6.42 Å². The van der Waals surface area contributed by atoms with Crippen LogP contribution in [-0.4, -0.2) is 23.5 Å². The van der Waals surface area contributed by atoms with E-state index in [1.807, 2.05) is 32.0 Å². The zero-order valence-corrected chi connectivity index (χ0v) is 10.1. The molecule has 0 unspecified atom stereocenters. The van der Waals surface area contributed by atoms with Crippen LogP contribution < -0.4 is 5.32 Å². The van der Waals surface area contributed by atoms with Gasteiger partial charge in [0.05, 0.1) is 12.8 Å². The lowest BCUT2D eigenvalue weighted by molar-refractivity contribution is -0.136. The topological polar surface area (TPSA) is 66.4 Å². The lowest BCUT2D eigenvalue weighted by Crippen LogP contribution is -2.27. The number of rotatable bonds is 5. The highest BCUT2D eigenvalue weighted by molar-refractivity contribution is 5.79. The number of benzene rings is 1. The normalized spacial score (nSPS) is 10.0. The molecule has 92 valence electrons. The van der Waals surface area contributed by atoms with Crippen molar-refractivity contribution in [3.05, 3.63) is 34.9 Å². The second-order valence-electron chi connectivity index (χ2n) is 4.09. The van der Waals surface area contributed by atoms with Crippen molar-refractivity contribution in [2.24, 2.45) is 0 Å². The van der Waals surface area contributed by atoms with Crippen molar-refractivity contribution in [3.63, 3.8) is 0 Å². The highest BCUT2D eigenvalue weighted by atomic mass is 16.4. The molecule has 1 rings (SSSR count). The summed E-state index contributed by atoms with van der Waals surface area (Å²) in [6.07, 6.45) is 0.249. The quantitative estimate of drug-likeness (QED) is 0.811. The lowest BCUT2D eigenvalue weighted by atomic mass is 10.0. The Morgan fingerprint density at radius 3 is 2.53 bits per heavy atom. The fraction of sp³-hybridized carbons (Fsp3) is 0.385. The number of carbonyl (C=O) groups excluding carboxylic acids is 1. The Labute approximate surface area is 101 Å². The Morgan fingerprint density at radius 2 is 1.94 bits per heavy atom. The predicted molar refractivity (Wildman–Crippen MR) is 64.9 cm³/mol. The van der Waals surface area contributed by atoms with Gasteiger partial charge < -0.3 is 10.4 Å². The third-order valence-corrected chi connectivity index (χ3v) is 2.60. The Balaban J connectivity index is 2.45. The summed E-state index contributed by atoms with van der Waals surface area (Å²) < 4.78 is 0. The van der Waals surface area contributed by atoms with E-state index in [1.54, 1.807) is 0 Å². The SMILES string of the molecule is Cc1ccc(CC(=O)NCCC(=O)O)cc1C. The molecule has 0 radical (unpaired) electrons. The molecular weight excluding hydrogens is 218 g/mol. The molecule has 0 aromatic heterocycles. The molecule has 0 atom stereocenters. The molecule has 17 heavy (non-hydrogen) atoms. The van der Waals surface area contributed by atoms with Gasteiger partial charge in [-0.1, -0.05) is 18.2 Å². The number of carboxylic acids is 1. The van der Waals surface area contributed by atoms with Gasteiger partial charge in [-0.15, -0.1) is 0 Å². The molecule has 4 nitrogen and oxygen atoms in total. The van der Waals surface area contributed by atoms with Crippen molar-refractivity contribution in [3.8, 4) is 0 Å². The summed E-state index contributed by atoms with van der Waals surface area (Å²) in [4.78, 5) is 21.8. The minimum absolute atomic E-state index is 0.0430. The van der Waals surface area contributed by atoms with Crippen LogP contribution in [0.3, 0.4) is 0 Å². The molecule has 0 aliphatic heterocycles. The molecule has 2 N–H and O–H groups in total.